The zero-order valence-corrected chi connectivity index (χ0v) is 12.5. The summed E-state index contributed by atoms with van der Waals surface area (Å²) in [7, 11) is 1.87. The molecule has 0 unspecified atom stereocenters. The molecule has 19 heavy (non-hydrogen) atoms. The topological polar surface area (TPSA) is 58.4 Å². The number of carbonyl (C=O) groups is 1. The van der Waals surface area contributed by atoms with Gasteiger partial charge in [-0.05, 0) is 25.0 Å². The summed E-state index contributed by atoms with van der Waals surface area (Å²) in [5.74, 6) is 0.00138. The highest BCUT2D eigenvalue weighted by Crippen LogP contribution is 2.23. The number of nitrogens with two attached hydrogens (primary N) is 1. The average molecular weight is 279 g/mol. The highest BCUT2D eigenvalue weighted by molar-refractivity contribution is 7.80. The number of amides is 1. The molecule has 5 heteroatoms. The van der Waals surface area contributed by atoms with Crippen LogP contribution in [0.5, 0.6) is 0 Å². The Balaban J connectivity index is 2.90. The van der Waals surface area contributed by atoms with Crippen molar-refractivity contribution in [1.29, 1.82) is 0 Å². The van der Waals surface area contributed by atoms with Gasteiger partial charge >= 0.3 is 0 Å². The van der Waals surface area contributed by atoms with Crippen LogP contribution in [0.25, 0.3) is 0 Å². The molecule has 0 aliphatic rings. The second-order valence-corrected chi connectivity index (χ2v) is 4.98. The van der Waals surface area contributed by atoms with Crippen molar-refractivity contribution in [3.8, 4) is 0 Å². The maximum atomic E-state index is 11.8. The van der Waals surface area contributed by atoms with Crippen molar-refractivity contribution in [2.75, 3.05) is 25.0 Å². The molecule has 0 aliphatic carbocycles. The lowest BCUT2D eigenvalue weighted by Gasteiger charge is -2.23. The number of aryl methyl sites for hydroxylation is 1. The lowest BCUT2D eigenvalue weighted by atomic mass is 10.1. The molecule has 0 heterocycles. The summed E-state index contributed by atoms with van der Waals surface area (Å²) < 4.78 is 0. The van der Waals surface area contributed by atoms with Crippen molar-refractivity contribution in [3.05, 3.63) is 29.3 Å². The Morgan fingerprint density at radius 1 is 1.47 bits per heavy atom. The Kier molecular flexibility index (Phi) is 5.76. The average Bonchev–Trinajstić information content (AvgIpc) is 2.35. The maximum absolute atomic E-state index is 11.8. The third kappa shape index (κ3) is 4.21. The van der Waals surface area contributed by atoms with Crippen molar-refractivity contribution in [1.82, 2.24) is 5.32 Å². The fourth-order valence-corrected chi connectivity index (χ4v) is 2.14. The first kappa shape index (κ1) is 15.4. The molecule has 0 saturated carbocycles. The van der Waals surface area contributed by atoms with Crippen LogP contribution in [-0.4, -0.2) is 31.0 Å². The van der Waals surface area contributed by atoms with E-state index in [4.69, 9.17) is 18.0 Å². The van der Waals surface area contributed by atoms with Gasteiger partial charge in [0.2, 0.25) is 5.91 Å². The predicted molar refractivity (Wildman–Crippen MR) is 83.6 cm³/mol. The van der Waals surface area contributed by atoms with Gasteiger partial charge in [0.15, 0.2) is 0 Å². The van der Waals surface area contributed by atoms with Gasteiger partial charge in [0.25, 0.3) is 0 Å². The van der Waals surface area contributed by atoms with Crippen LogP contribution in [-0.2, 0) is 4.79 Å². The minimum absolute atomic E-state index is 0.00138. The van der Waals surface area contributed by atoms with E-state index in [2.05, 4.69) is 5.32 Å². The molecule has 1 aromatic rings. The Hall–Kier alpha value is -1.62. The number of carbonyl (C=O) groups excluding carboxylic acids is 1. The third-order valence-electron chi connectivity index (χ3n) is 2.84. The second kappa shape index (κ2) is 7.09. The predicted octanol–water partition coefficient (Wildman–Crippen LogP) is 1.59. The first-order valence-electron chi connectivity index (χ1n) is 6.34. The first-order chi connectivity index (χ1) is 8.97. The Bertz CT molecular complexity index is 474. The van der Waals surface area contributed by atoms with Crippen LogP contribution in [0.3, 0.4) is 0 Å². The number of nitrogens with zero attached hydrogens (tertiary/aromatic N) is 1. The standard InChI is InChI=1S/C14H21N3OS/c1-4-8-16-12(18)9-17(3)13-10(2)6-5-7-11(13)14(15)19/h5-7H,4,8-9H2,1-3H3,(H2,15,19)(H,16,18). The quantitative estimate of drug-likeness (QED) is 0.777. The van der Waals surface area contributed by atoms with Crippen LogP contribution in [0.15, 0.2) is 18.2 Å². The van der Waals surface area contributed by atoms with Crippen molar-refractivity contribution in [2.24, 2.45) is 5.73 Å². The number of thiocarbonyl (C=S) groups is 1. The molecular weight excluding hydrogens is 258 g/mol. The molecule has 0 saturated heterocycles. The number of para-hydroxylation sites is 1. The van der Waals surface area contributed by atoms with Crippen LogP contribution in [0.1, 0.15) is 24.5 Å². The van der Waals surface area contributed by atoms with E-state index in [1.165, 1.54) is 0 Å². The third-order valence-corrected chi connectivity index (χ3v) is 3.06. The van der Waals surface area contributed by atoms with Crippen LogP contribution < -0.4 is 16.0 Å². The lowest BCUT2D eigenvalue weighted by Crippen LogP contribution is -2.36. The van der Waals surface area contributed by atoms with Gasteiger partial charge < -0.3 is 16.0 Å². The van der Waals surface area contributed by atoms with Gasteiger partial charge in [-0.1, -0.05) is 31.3 Å². The van der Waals surface area contributed by atoms with E-state index in [9.17, 15) is 4.79 Å². The van der Waals surface area contributed by atoms with Crippen molar-refractivity contribution in [3.63, 3.8) is 0 Å². The molecule has 104 valence electrons. The highest BCUT2D eigenvalue weighted by atomic mass is 32.1. The van der Waals surface area contributed by atoms with E-state index in [-0.39, 0.29) is 5.91 Å². The molecule has 4 nitrogen and oxygen atoms in total. The first-order valence-corrected chi connectivity index (χ1v) is 6.75. The number of benzene rings is 1. The molecule has 0 fully saturated rings. The summed E-state index contributed by atoms with van der Waals surface area (Å²) in [4.78, 5) is 14.0. The number of anilines is 1. The smallest absolute Gasteiger partial charge is 0.239 e. The van der Waals surface area contributed by atoms with Crippen LogP contribution in [0.2, 0.25) is 0 Å². The summed E-state index contributed by atoms with van der Waals surface area (Å²) in [6.07, 6.45) is 0.929. The minimum Gasteiger partial charge on any atom is -0.389 e. The summed E-state index contributed by atoms with van der Waals surface area (Å²) in [6.45, 7) is 5.00. The number of nitrogens with one attached hydrogen (secondary N) is 1. The number of rotatable bonds is 6. The molecule has 3 N–H and O–H groups in total. The fourth-order valence-electron chi connectivity index (χ4n) is 1.98. The fraction of sp³-hybridized carbons (Fsp3) is 0.429. The summed E-state index contributed by atoms with van der Waals surface area (Å²) in [5, 5.41) is 2.86. The zero-order chi connectivity index (χ0) is 14.4. The van der Waals surface area contributed by atoms with Crippen molar-refractivity contribution < 1.29 is 4.79 Å². The molecule has 1 rings (SSSR count). The molecular formula is C14H21N3OS. The summed E-state index contributed by atoms with van der Waals surface area (Å²) >= 11 is 5.06. The molecule has 0 atom stereocenters. The minimum atomic E-state index is 0.00138. The van der Waals surface area contributed by atoms with Gasteiger partial charge in [-0.2, -0.15) is 0 Å². The van der Waals surface area contributed by atoms with Gasteiger partial charge in [0, 0.05) is 19.2 Å². The molecule has 0 radical (unpaired) electrons. The van der Waals surface area contributed by atoms with Gasteiger partial charge in [-0.15, -0.1) is 0 Å². The van der Waals surface area contributed by atoms with Crippen molar-refractivity contribution >= 4 is 28.8 Å². The van der Waals surface area contributed by atoms with Gasteiger partial charge in [-0.3, -0.25) is 4.79 Å². The van der Waals surface area contributed by atoms with Crippen molar-refractivity contribution in [2.45, 2.75) is 20.3 Å². The van der Waals surface area contributed by atoms with E-state index >= 15 is 0 Å². The summed E-state index contributed by atoms with van der Waals surface area (Å²) in [6, 6.07) is 5.78. The van der Waals surface area contributed by atoms with Gasteiger partial charge in [-0.25, -0.2) is 0 Å². The SMILES string of the molecule is CCCNC(=O)CN(C)c1c(C)cccc1C(N)=S. The zero-order valence-electron chi connectivity index (χ0n) is 11.7. The van der Waals surface area contributed by atoms with Gasteiger partial charge in [0.1, 0.15) is 4.99 Å². The van der Waals surface area contributed by atoms with E-state index in [0.29, 0.717) is 18.1 Å². The molecule has 1 aromatic carbocycles. The number of hydrogen-bond donors (Lipinski definition) is 2. The Morgan fingerprint density at radius 2 is 2.16 bits per heavy atom. The molecule has 0 aromatic heterocycles. The second-order valence-electron chi connectivity index (χ2n) is 4.54. The molecule has 0 bridgehead atoms. The van der Waals surface area contributed by atoms with Gasteiger partial charge in [0.05, 0.1) is 12.2 Å². The highest BCUT2D eigenvalue weighted by Gasteiger charge is 2.14. The normalized spacial score (nSPS) is 10.1. The van der Waals surface area contributed by atoms with E-state index < -0.39 is 0 Å². The van der Waals surface area contributed by atoms with E-state index in [0.717, 1.165) is 23.2 Å². The van der Waals surface area contributed by atoms with Crippen LogP contribution in [0, 0.1) is 6.92 Å². The lowest BCUT2D eigenvalue weighted by molar-refractivity contribution is -0.119. The summed E-state index contributed by atoms with van der Waals surface area (Å²) in [5.41, 5.74) is 8.51. The van der Waals surface area contributed by atoms with Crippen LogP contribution in [0.4, 0.5) is 5.69 Å². The monoisotopic (exact) mass is 279 g/mol. The maximum Gasteiger partial charge on any atom is 0.239 e. The molecule has 0 spiro atoms. The van der Waals surface area contributed by atoms with Crippen LogP contribution >= 0.6 is 12.2 Å². The van der Waals surface area contributed by atoms with E-state index in [1.807, 2.05) is 44.0 Å². The number of likely N-dealkylation sites (N-methyl/N-ethyl adjacent to an activating group) is 1. The Morgan fingerprint density at radius 3 is 2.74 bits per heavy atom. The number of hydrogen-bond acceptors (Lipinski definition) is 3. The Labute approximate surface area is 120 Å². The molecule has 0 aliphatic heterocycles. The largest absolute Gasteiger partial charge is 0.389 e. The molecule has 1 amide bonds. The van der Waals surface area contributed by atoms with E-state index in [1.54, 1.807) is 0 Å².